The minimum absolute atomic E-state index is 0.188. The summed E-state index contributed by atoms with van der Waals surface area (Å²) in [5.41, 5.74) is 1.99. The second kappa shape index (κ2) is 6.91. The van der Waals surface area contributed by atoms with Crippen LogP contribution in [0.1, 0.15) is 16.2 Å². The van der Waals surface area contributed by atoms with Gasteiger partial charge >= 0.3 is 0 Å². The Kier molecular flexibility index (Phi) is 4.29. The highest BCUT2D eigenvalue weighted by atomic mass is 19.1. The lowest BCUT2D eigenvalue weighted by molar-refractivity contribution is 0.102. The van der Waals surface area contributed by atoms with Crippen LogP contribution >= 0.6 is 0 Å². The summed E-state index contributed by atoms with van der Waals surface area (Å²) in [6.07, 6.45) is 0. The molecule has 2 aromatic carbocycles. The molecule has 8 heteroatoms. The van der Waals surface area contributed by atoms with Crippen LogP contribution in [0.4, 0.5) is 21.7 Å². The van der Waals surface area contributed by atoms with E-state index in [-0.39, 0.29) is 24.3 Å². The van der Waals surface area contributed by atoms with E-state index in [4.69, 9.17) is 9.47 Å². The van der Waals surface area contributed by atoms with Crippen molar-refractivity contribution in [3.05, 3.63) is 65.7 Å². The average molecular weight is 366 g/mol. The predicted molar refractivity (Wildman–Crippen MR) is 97.0 cm³/mol. The number of aryl methyl sites for hydroxylation is 1. The highest BCUT2D eigenvalue weighted by molar-refractivity contribution is 6.03. The van der Waals surface area contributed by atoms with Gasteiger partial charge in [0.05, 0.1) is 0 Å². The molecule has 1 amide bonds. The molecule has 1 aromatic heterocycles. The van der Waals surface area contributed by atoms with Gasteiger partial charge in [-0.3, -0.25) is 4.79 Å². The molecule has 0 aliphatic carbocycles. The number of hydrogen-bond acceptors (Lipinski definition) is 6. The van der Waals surface area contributed by atoms with Crippen LogP contribution in [0.25, 0.3) is 0 Å². The third-order valence-electron chi connectivity index (χ3n) is 3.82. The van der Waals surface area contributed by atoms with Crippen LogP contribution in [0, 0.1) is 12.7 Å². The zero-order chi connectivity index (χ0) is 18.8. The quantitative estimate of drug-likeness (QED) is 0.733. The van der Waals surface area contributed by atoms with E-state index in [2.05, 4.69) is 20.6 Å². The standard InChI is InChI=1S/C19H15FN4O3/c1-11-8-15(18(25)22-13-4-2-12(20)3-5-13)24-19(21-11)23-14-6-7-16-17(9-14)27-10-26-16/h2-9H,10H2,1H3,(H,22,25)(H,21,23,24). The van der Waals surface area contributed by atoms with Crippen molar-refractivity contribution >= 4 is 23.2 Å². The maximum Gasteiger partial charge on any atom is 0.274 e. The fraction of sp³-hybridized carbons (Fsp3) is 0.105. The van der Waals surface area contributed by atoms with E-state index in [1.165, 1.54) is 24.3 Å². The molecule has 0 unspecified atom stereocenters. The second-order valence-electron chi connectivity index (χ2n) is 5.87. The predicted octanol–water partition coefficient (Wildman–Crippen LogP) is 3.65. The molecule has 0 atom stereocenters. The fourth-order valence-electron chi connectivity index (χ4n) is 2.57. The Morgan fingerprint density at radius 2 is 1.74 bits per heavy atom. The minimum atomic E-state index is -0.416. The highest BCUT2D eigenvalue weighted by Crippen LogP contribution is 2.34. The summed E-state index contributed by atoms with van der Waals surface area (Å²) in [4.78, 5) is 21.0. The summed E-state index contributed by atoms with van der Waals surface area (Å²) in [7, 11) is 0. The number of hydrogen-bond donors (Lipinski definition) is 2. The monoisotopic (exact) mass is 366 g/mol. The van der Waals surface area contributed by atoms with E-state index < -0.39 is 5.91 Å². The Hall–Kier alpha value is -3.68. The Morgan fingerprint density at radius 3 is 2.56 bits per heavy atom. The van der Waals surface area contributed by atoms with Crippen molar-refractivity contribution < 1.29 is 18.7 Å². The number of carbonyl (C=O) groups is 1. The maximum absolute atomic E-state index is 13.0. The largest absolute Gasteiger partial charge is 0.454 e. The van der Waals surface area contributed by atoms with Crippen molar-refractivity contribution in [2.24, 2.45) is 0 Å². The summed E-state index contributed by atoms with van der Waals surface area (Å²) in [6, 6.07) is 12.4. The number of amides is 1. The zero-order valence-corrected chi connectivity index (χ0v) is 14.3. The first-order valence-electron chi connectivity index (χ1n) is 8.16. The van der Waals surface area contributed by atoms with Gasteiger partial charge in [0.15, 0.2) is 11.5 Å². The Morgan fingerprint density at radius 1 is 1.00 bits per heavy atom. The van der Waals surface area contributed by atoms with Crippen LogP contribution in [-0.4, -0.2) is 22.7 Å². The Balaban J connectivity index is 1.54. The normalized spacial score (nSPS) is 11.9. The van der Waals surface area contributed by atoms with Gasteiger partial charge in [-0.15, -0.1) is 0 Å². The van der Waals surface area contributed by atoms with Crippen LogP contribution in [0.2, 0.25) is 0 Å². The van der Waals surface area contributed by atoms with Crippen LogP contribution in [0.3, 0.4) is 0 Å². The van der Waals surface area contributed by atoms with E-state index in [1.54, 1.807) is 31.2 Å². The molecule has 0 spiro atoms. The first-order chi connectivity index (χ1) is 13.1. The number of halogens is 1. The number of rotatable bonds is 4. The number of fused-ring (bicyclic) bond motifs is 1. The summed E-state index contributed by atoms with van der Waals surface area (Å²) in [6.45, 7) is 1.95. The Bertz CT molecular complexity index is 1010. The van der Waals surface area contributed by atoms with E-state index in [0.717, 1.165) is 0 Å². The summed E-state index contributed by atoms with van der Waals surface area (Å²) >= 11 is 0. The summed E-state index contributed by atoms with van der Waals surface area (Å²) in [5, 5.41) is 5.73. The number of anilines is 3. The Labute approximate surface area is 154 Å². The number of carbonyl (C=O) groups excluding carboxylic acids is 1. The average Bonchev–Trinajstić information content (AvgIpc) is 3.11. The molecule has 4 rings (SSSR count). The number of aromatic nitrogens is 2. The molecule has 27 heavy (non-hydrogen) atoms. The third-order valence-corrected chi connectivity index (χ3v) is 3.82. The van der Waals surface area contributed by atoms with Gasteiger partial charge in [0, 0.05) is 23.1 Å². The van der Waals surface area contributed by atoms with Gasteiger partial charge in [-0.25, -0.2) is 14.4 Å². The van der Waals surface area contributed by atoms with E-state index in [0.29, 0.717) is 28.6 Å². The van der Waals surface area contributed by atoms with Crippen LogP contribution in [-0.2, 0) is 0 Å². The zero-order valence-electron chi connectivity index (χ0n) is 14.3. The molecule has 1 aliphatic heterocycles. The first-order valence-corrected chi connectivity index (χ1v) is 8.16. The van der Waals surface area contributed by atoms with E-state index >= 15 is 0 Å². The lowest BCUT2D eigenvalue weighted by atomic mass is 10.2. The van der Waals surface area contributed by atoms with Gasteiger partial charge < -0.3 is 20.1 Å². The number of benzene rings is 2. The number of nitrogens with zero attached hydrogens (tertiary/aromatic N) is 2. The van der Waals surface area contributed by atoms with Gasteiger partial charge in [-0.2, -0.15) is 0 Å². The molecule has 0 saturated heterocycles. The topological polar surface area (TPSA) is 85.4 Å². The van der Waals surface area contributed by atoms with Crippen LogP contribution in [0.15, 0.2) is 48.5 Å². The molecule has 0 fully saturated rings. The molecule has 7 nitrogen and oxygen atoms in total. The molecule has 136 valence electrons. The molecular weight excluding hydrogens is 351 g/mol. The first kappa shape index (κ1) is 16.8. The molecule has 1 aliphatic rings. The van der Waals surface area contributed by atoms with Crippen molar-refractivity contribution in [2.75, 3.05) is 17.4 Å². The molecule has 0 radical (unpaired) electrons. The maximum atomic E-state index is 13.0. The lowest BCUT2D eigenvalue weighted by Crippen LogP contribution is -2.15. The van der Waals surface area contributed by atoms with Crippen molar-refractivity contribution in [3.63, 3.8) is 0 Å². The van der Waals surface area contributed by atoms with Gasteiger partial charge in [0.2, 0.25) is 12.7 Å². The fourth-order valence-corrected chi connectivity index (χ4v) is 2.57. The lowest BCUT2D eigenvalue weighted by Gasteiger charge is -2.09. The smallest absolute Gasteiger partial charge is 0.274 e. The van der Waals surface area contributed by atoms with Gasteiger partial charge in [-0.05, 0) is 49.4 Å². The molecular formula is C19H15FN4O3. The molecule has 0 bridgehead atoms. The van der Waals surface area contributed by atoms with Crippen LogP contribution in [0.5, 0.6) is 11.5 Å². The van der Waals surface area contributed by atoms with E-state index in [1.807, 2.05) is 0 Å². The molecule has 2 heterocycles. The van der Waals surface area contributed by atoms with Gasteiger partial charge in [0.25, 0.3) is 5.91 Å². The van der Waals surface area contributed by atoms with E-state index in [9.17, 15) is 9.18 Å². The summed E-state index contributed by atoms with van der Waals surface area (Å²) in [5.74, 6) is 0.784. The molecule has 3 aromatic rings. The van der Waals surface area contributed by atoms with Gasteiger partial charge in [0.1, 0.15) is 11.5 Å². The van der Waals surface area contributed by atoms with Crippen LogP contribution < -0.4 is 20.1 Å². The van der Waals surface area contributed by atoms with Crippen molar-refractivity contribution in [1.29, 1.82) is 0 Å². The SMILES string of the molecule is Cc1cc(C(=O)Nc2ccc(F)cc2)nc(Nc2ccc3c(c2)OCO3)n1. The minimum Gasteiger partial charge on any atom is -0.454 e. The molecule has 0 saturated carbocycles. The van der Waals surface area contributed by atoms with Crippen molar-refractivity contribution in [1.82, 2.24) is 9.97 Å². The summed E-state index contributed by atoms with van der Waals surface area (Å²) < 4.78 is 23.6. The second-order valence-corrected chi connectivity index (χ2v) is 5.87. The number of nitrogens with one attached hydrogen (secondary N) is 2. The number of ether oxygens (including phenoxy) is 2. The van der Waals surface area contributed by atoms with Crippen molar-refractivity contribution in [3.8, 4) is 11.5 Å². The highest BCUT2D eigenvalue weighted by Gasteiger charge is 2.15. The van der Waals surface area contributed by atoms with Crippen molar-refractivity contribution in [2.45, 2.75) is 6.92 Å². The van der Waals surface area contributed by atoms with Gasteiger partial charge in [-0.1, -0.05) is 0 Å². The third kappa shape index (κ3) is 3.79. The molecule has 2 N–H and O–H groups in total.